The largest absolute Gasteiger partial charge is 0.383 e. The molecule has 1 saturated heterocycles. The third-order valence-electron chi connectivity index (χ3n) is 5.84. The number of aromatic nitrogens is 2. The van der Waals surface area contributed by atoms with Gasteiger partial charge < -0.3 is 10.1 Å². The molecule has 1 aliphatic carbocycles. The summed E-state index contributed by atoms with van der Waals surface area (Å²) in [5.41, 5.74) is 1.23. The number of rotatable bonds is 6. The normalized spacial score (nSPS) is 28.5. The third kappa shape index (κ3) is 3.52. The molecule has 1 aliphatic heterocycles. The number of nitrogens with one attached hydrogen (secondary N) is 2. The van der Waals surface area contributed by atoms with E-state index in [1.165, 1.54) is 4.31 Å². The Morgan fingerprint density at radius 1 is 1.46 bits per heavy atom. The number of carbonyl (C=O) groups is 1. The van der Waals surface area contributed by atoms with Crippen molar-refractivity contribution in [1.29, 1.82) is 0 Å². The Hall–Kier alpha value is -1.45. The van der Waals surface area contributed by atoms with Crippen LogP contribution in [0.15, 0.2) is 6.20 Å². The zero-order valence-corrected chi connectivity index (χ0v) is 16.3. The summed E-state index contributed by atoms with van der Waals surface area (Å²) in [6.07, 6.45) is 5.45. The highest BCUT2D eigenvalue weighted by atomic mass is 32.2. The number of carbonyl (C=O) groups excluding carboxylic acids is 1. The van der Waals surface area contributed by atoms with Crippen LogP contribution in [-0.4, -0.2) is 60.9 Å². The van der Waals surface area contributed by atoms with Crippen LogP contribution in [0.1, 0.15) is 43.4 Å². The van der Waals surface area contributed by atoms with Crippen LogP contribution in [-0.2, 0) is 26.1 Å². The van der Waals surface area contributed by atoms with Crippen LogP contribution in [0, 0.1) is 12.3 Å². The first-order valence-corrected chi connectivity index (χ1v) is 10.8. The number of aryl methyl sites for hydroxylation is 1. The molecule has 2 N–H and O–H groups in total. The van der Waals surface area contributed by atoms with E-state index in [4.69, 9.17) is 4.74 Å². The number of nitrogens with zero attached hydrogens (tertiary/aromatic N) is 2. The SMILES string of the molecule is COCCN1C2CCCCC2(C(=O)NCc2cn[nH]c2C)CCS1(=O)=O. The quantitative estimate of drug-likeness (QED) is 0.760. The van der Waals surface area contributed by atoms with Crippen LogP contribution in [0.5, 0.6) is 0 Å². The average Bonchev–Trinajstić information content (AvgIpc) is 3.03. The van der Waals surface area contributed by atoms with Crippen molar-refractivity contribution in [3.8, 4) is 0 Å². The Morgan fingerprint density at radius 2 is 2.27 bits per heavy atom. The van der Waals surface area contributed by atoms with Gasteiger partial charge in [-0.3, -0.25) is 9.89 Å². The van der Waals surface area contributed by atoms with E-state index in [9.17, 15) is 13.2 Å². The first-order valence-electron chi connectivity index (χ1n) is 9.16. The summed E-state index contributed by atoms with van der Waals surface area (Å²) in [7, 11) is -1.78. The van der Waals surface area contributed by atoms with Crippen molar-refractivity contribution in [3.63, 3.8) is 0 Å². The van der Waals surface area contributed by atoms with Gasteiger partial charge in [-0.1, -0.05) is 12.8 Å². The first kappa shape index (κ1) is 19.3. The van der Waals surface area contributed by atoms with Gasteiger partial charge in [0.1, 0.15) is 0 Å². The number of hydrogen-bond donors (Lipinski definition) is 2. The van der Waals surface area contributed by atoms with Crippen molar-refractivity contribution in [2.45, 2.75) is 51.6 Å². The second-order valence-corrected chi connectivity index (χ2v) is 9.33. The molecule has 0 aromatic carbocycles. The smallest absolute Gasteiger partial charge is 0.228 e. The Kier molecular flexibility index (Phi) is 5.69. The van der Waals surface area contributed by atoms with Gasteiger partial charge in [-0.15, -0.1) is 0 Å². The van der Waals surface area contributed by atoms with E-state index < -0.39 is 15.4 Å². The highest BCUT2D eigenvalue weighted by Crippen LogP contribution is 2.46. The lowest BCUT2D eigenvalue weighted by Crippen LogP contribution is -2.63. The van der Waals surface area contributed by atoms with Crippen LogP contribution in [0.3, 0.4) is 0 Å². The summed E-state index contributed by atoms with van der Waals surface area (Å²) < 4.78 is 31.9. The minimum absolute atomic E-state index is 0.0192. The highest BCUT2D eigenvalue weighted by Gasteiger charge is 2.55. The van der Waals surface area contributed by atoms with Crippen molar-refractivity contribution < 1.29 is 17.9 Å². The predicted octanol–water partition coefficient (Wildman–Crippen LogP) is 0.945. The van der Waals surface area contributed by atoms with E-state index >= 15 is 0 Å². The molecule has 2 unspecified atom stereocenters. The number of sulfonamides is 1. The number of fused-ring (bicyclic) bond motifs is 1. The third-order valence-corrected chi connectivity index (χ3v) is 7.71. The van der Waals surface area contributed by atoms with Gasteiger partial charge in [0.15, 0.2) is 0 Å². The van der Waals surface area contributed by atoms with E-state index in [1.54, 1.807) is 13.3 Å². The minimum atomic E-state index is -3.34. The van der Waals surface area contributed by atoms with Crippen molar-refractivity contribution >= 4 is 15.9 Å². The van der Waals surface area contributed by atoms with Crippen LogP contribution < -0.4 is 5.32 Å². The van der Waals surface area contributed by atoms with Gasteiger partial charge >= 0.3 is 0 Å². The first-order chi connectivity index (χ1) is 12.4. The fraction of sp³-hybridized carbons (Fsp3) is 0.765. The Labute approximate surface area is 154 Å². The van der Waals surface area contributed by atoms with Crippen molar-refractivity contribution in [3.05, 3.63) is 17.5 Å². The summed E-state index contributed by atoms with van der Waals surface area (Å²) in [5, 5.41) is 9.88. The van der Waals surface area contributed by atoms with Crippen LogP contribution >= 0.6 is 0 Å². The Balaban J connectivity index is 1.82. The lowest BCUT2D eigenvalue weighted by atomic mass is 9.67. The summed E-state index contributed by atoms with van der Waals surface area (Å²) >= 11 is 0. The lowest BCUT2D eigenvalue weighted by molar-refractivity contribution is -0.137. The maximum absolute atomic E-state index is 13.2. The summed E-state index contributed by atoms with van der Waals surface area (Å²) in [5.74, 6) is -0.0223. The number of aromatic amines is 1. The molecule has 3 rings (SSSR count). The second kappa shape index (κ2) is 7.66. The van der Waals surface area contributed by atoms with Crippen LogP contribution in [0.25, 0.3) is 0 Å². The fourth-order valence-corrected chi connectivity index (χ4v) is 6.22. The molecule has 0 bridgehead atoms. The molecule has 1 amide bonds. The zero-order chi connectivity index (χ0) is 18.8. The molecular formula is C17H28N4O4S. The zero-order valence-electron chi connectivity index (χ0n) is 15.5. The molecule has 2 heterocycles. The minimum Gasteiger partial charge on any atom is -0.383 e. The Bertz CT molecular complexity index is 748. The van der Waals surface area contributed by atoms with Crippen molar-refractivity contribution in [2.24, 2.45) is 5.41 Å². The lowest BCUT2D eigenvalue weighted by Gasteiger charge is -2.50. The summed E-state index contributed by atoms with van der Waals surface area (Å²) in [6.45, 7) is 2.96. The van der Waals surface area contributed by atoms with Gasteiger partial charge in [0.05, 0.1) is 24.0 Å². The van der Waals surface area contributed by atoms with Gasteiger partial charge in [-0.25, -0.2) is 8.42 Å². The topological polar surface area (TPSA) is 104 Å². The van der Waals surface area contributed by atoms with Gasteiger partial charge in [-0.2, -0.15) is 9.40 Å². The molecule has 2 atom stereocenters. The average molecular weight is 385 g/mol. The molecule has 9 heteroatoms. The predicted molar refractivity (Wildman–Crippen MR) is 96.8 cm³/mol. The van der Waals surface area contributed by atoms with E-state index in [0.29, 0.717) is 26.1 Å². The summed E-state index contributed by atoms with van der Waals surface area (Å²) in [6, 6.07) is -0.282. The molecule has 26 heavy (non-hydrogen) atoms. The van der Waals surface area contributed by atoms with E-state index in [-0.39, 0.29) is 17.7 Å². The molecule has 1 aromatic heterocycles. The molecule has 1 aromatic rings. The molecule has 2 aliphatic rings. The van der Waals surface area contributed by atoms with E-state index in [0.717, 1.165) is 36.9 Å². The number of H-pyrrole nitrogens is 1. The monoisotopic (exact) mass is 384 g/mol. The number of methoxy groups -OCH3 is 1. The van der Waals surface area contributed by atoms with Crippen LogP contribution in [0.4, 0.5) is 0 Å². The molecule has 146 valence electrons. The maximum Gasteiger partial charge on any atom is 0.228 e. The van der Waals surface area contributed by atoms with Crippen molar-refractivity contribution in [2.75, 3.05) is 26.0 Å². The van der Waals surface area contributed by atoms with Gasteiger partial charge in [0.2, 0.25) is 15.9 Å². The van der Waals surface area contributed by atoms with E-state index in [2.05, 4.69) is 15.5 Å². The molecule has 1 saturated carbocycles. The Morgan fingerprint density at radius 3 is 2.96 bits per heavy atom. The highest BCUT2D eigenvalue weighted by molar-refractivity contribution is 7.89. The molecule has 8 nitrogen and oxygen atoms in total. The molecule has 2 fully saturated rings. The van der Waals surface area contributed by atoms with Gasteiger partial charge in [-0.05, 0) is 26.2 Å². The molecular weight excluding hydrogens is 356 g/mol. The standard InChI is InChI=1S/C17H28N4O4S/c1-13-14(12-19-20-13)11-18-16(22)17-6-4-3-5-15(17)21(8-9-25-2)26(23,24)10-7-17/h12,15H,3-11H2,1-2H3,(H,18,22)(H,19,20). The molecule has 0 spiro atoms. The number of ether oxygens (including phenoxy) is 1. The number of amides is 1. The summed E-state index contributed by atoms with van der Waals surface area (Å²) in [4.78, 5) is 13.2. The fourth-order valence-electron chi connectivity index (χ4n) is 4.31. The number of hydrogen-bond acceptors (Lipinski definition) is 5. The second-order valence-electron chi connectivity index (χ2n) is 7.29. The maximum atomic E-state index is 13.2. The molecule has 0 radical (unpaired) electrons. The van der Waals surface area contributed by atoms with Crippen LogP contribution in [0.2, 0.25) is 0 Å². The van der Waals surface area contributed by atoms with Gasteiger partial charge in [0.25, 0.3) is 0 Å². The van der Waals surface area contributed by atoms with Crippen molar-refractivity contribution in [1.82, 2.24) is 19.8 Å². The van der Waals surface area contributed by atoms with E-state index in [1.807, 2.05) is 6.92 Å². The van der Waals surface area contributed by atoms with Gasteiger partial charge in [0, 0.05) is 37.5 Å².